The van der Waals surface area contributed by atoms with Crippen LogP contribution in [0.1, 0.15) is 25.8 Å². The van der Waals surface area contributed by atoms with Crippen molar-refractivity contribution >= 4 is 5.69 Å². The van der Waals surface area contributed by atoms with Crippen LogP contribution in [0.25, 0.3) is 0 Å². The highest BCUT2D eigenvalue weighted by molar-refractivity contribution is 5.35. The predicted molar refractivity (Wildman–Crippen MR) is 68.3 cm³/mol. The van der Waals surface area contributed by atoms with Crippen LogP contribution in [0.3, 0.4) is 0 Å². The van der Waals surface area contributed by atoms with Gasteiger partial charge in [0.1, 0.15) is 0 Å². The monoisotopic (exact) mass is 268 g/mol. The van der Waals surface area contributed by atoms with Crippen LogP contribution in [-0.4, -0.2) is 23.2 Å². The van der Waals surface area contributed by atoms with E-state index in [1.807, 2.05) is 6.92 Å². The van der Waals surface area contributed by atoms with Crippen molar-refractivity contribution in [2.45, 2.75) is 38.5 Å². The molecule has 6 heteroatoms. The molecule has 104 valence electrons. The summed E-state index contributed by atoms with van der Waals surface area (Å²) in [5, 5.41) is 13.9. The Morgan fingerprint density at radius 2 is 2.37 bits per heavy atom. The number of halogens is 1. The first-order chi connectivity index (χ1) is 8.92. The Balaban J connectivity index is 2.04. The lowest BCUT2D eigenvalue weighted by Gasteiger charge is -2.29. The summed E-state index contributed by atoms with van der Waals surface area (Å²) in [6.45, 7) is 5.22. The van der Waals surface area contributed by atoms with E-state index in [0.29, 0.717) is 18.7 Å². The van der Waals surface area contributed by atoms with Gasteiger partial charge in [0.05, 0.1) is 11.0 Å². The molecule has 0 radical (unpaired) electrons. The van der Waals surface area contributed by atoms with Gasteiger partial charge in [0.25, 0.3) is 0 Å². The molecule has 1 aliphatic heterocycles. The topological polar surface area (TPSA) is 64.4 Å². The fourth-order valence-electron chi connectivity index (χ4n) is 2.18. The van der Waals surface area contributed by atoms with Crippen molar-refractivity contribution in [2.24, 2.45) is 0 Å². The van der Waals surface area contributed by atoms with E-state index in [-0.39, 0.29) is 11.6 Å². The molecule has 0 saturated carbocycles. The van der Waals surface area contributed by atoms with Gasteiger partial charge in [0.2, 0.25) is 5.82 Å². The molecule has 2 rings (SSSR count). The molecule has 1 aromatic rings. The van der Waals surface area contributed by atoms with E-state index in [2.05, 4.69) is 12.2 Å². The molecule has 0 aromatic heterocycles. The Labute approximate surface area is 110 Å². The van der Waals surface area contributed by atoms with Gasteiger partial charge in [-0.05, 0) is 31.9 Å². The average Bonchev–Trinajstić information content (AvgIpc) is 2.67. The van der Waals surface area contributed by atoms with Gasteiger partial charge in [-0.25, -0.2) is 0 Å². The molecule has 5 nitrogen and oxygen atoms in total. The van der Waals surface area contributed by atoms with Crippen LogP contribution in [-0.2, 0) is 11.3 Å². The van der Waals surface area contributed by atoms with Crippen LogP contribution in [0.2, 0.25) is 0 Å². The van der Waals surface area contributed by atoms with Gasteiger partial charge in [-0.15, -0.1) is 0 Å². The molecule has 1 fully saturated rings. The van der Waals surface area contributed by atoms with E-state index in [0.717, 1.165) is 6.42 Å². The first-order valence-electron chi connectivity index (χ1n) is 6.22. The third-order valence-electron chi connectivity index (χ3n) is 3.79. The molecule has 0 bridgehead atoms. The number of rotatable bonds is 4. The minimum Gasteiger partial charge on any atom is -0.377 e. The minimum absolute atomic E-state index is 0.0930. The molecule has 1 saturated heterocycles. The average molecular weight is 268 g/mol. The third-order valence-corrected chi connectivity index (χ3v) is 3.79. The second-order valence-electron chi connectivity index (χ2n) is 5.08. The van der Waals surface area contributed by atoms with E-state index in [1.165, 1.54) is 12.1 Å². The van der Waals surface area contributed by atoms with Crippen molar-refractivity contribution in [3.63, 3.8) is 0 Å². The molecular formula is C13H17FN2O3. The largest absolute Gasteiger partial charge is 0.377 e. The van der Waals surface area contributed by atoms with Gasteiger partial charge < -0.3 is 10.1 Å². The molecule has 2 atom stereocenters. The van der Waals surface area contributed by atoms with Crippen molar-refractivity contribution in [1.29, 1.82) is 0 Å². The zero-order chi connectivity index (χ0) is 14.0. The number of hydrogen-bond acceptors (Lipinski definition) is 4. The predicted octanol–water partition coefficient (Wildman–Crippen LogP) is 2.39. The highest BCUT2D eigenvalue weighted by Gasteiger charge is 2.36. The third kappa shape index (κ3) is 2.90. The SMILES string of the molecule is CC1OCCC1(C)NCc1ccc([N+](=O)[O-])c(F)c1. The summed E-state index contributed by atoms with van der Waals surface area (Å²) in [7, 11) is 0. The van der Waals surface area contributed by atoms with Crippen molar-refractivity contribution in [1.82, 2.24) is 5.32 Å². The number of nitrogens with one attached hydrogen (secondary N) is 1. The van der Waals surface area contributed by atoms with Crippen molar-refractivity contribution in [2.75, 3.05) is 6.61 Å². The summed E-state index contributed by atoms with van der Waals surface area (Å²) >= 11 is 0. The number of ether oxygens (including phenoxy) is 1. The van der Waals surface area contributed by atoms with Crippen molar-refractivity contribution in [3.8, 4) is 0 Å². The second-order valence-corrected chi connectivity index (χ2v) is 5.08. The van der Waals surface area contributed by atoms with Gasteiger partial charge in [-0.1, -0.05) is 6.07 Å². The number of benzene rings is 1. The first-order valence-corrected chi connectivity index (χ1v) is 6.22. The molecule has 0 aliphatic carbocycles. The zero-order valence-electron chi connectivity index (χ0n) is 11.0. The maximum absolute atomic E-state index is 13.5. The highest BCUT2D eigenvalue weighted by atomic mass is 19.1. The highest BCUT2D eigenvalue weighted by Crippen LogP contribution is 2.26. The standard InChI is InChI=1S/C13H17FN2O3/c1-9-13(2,5-6-19-9)15-8-10-3-4-12(16(17)18)11(14)7-10/h3-4,7,9,15H,5-6,8H2,1-2H3. The fourth-order valence-corrected chi connectivity index (χ4v) is 2.18. The van der Waals surface area contributed by atoms with Gasteiger partial charge in [-0.3, -0.25) is 10.1 Å². The van der Waals surface area contributed by atoms with E-state index in [9.17, 15) is 14.5 Å². The number of nitrogens with zero attached hydrogens (tertiary/aromatic N) is 1. The van der Waals surface area contributed by atoms with Crippen molar-refractivity contribution < 1.29 is 14.1 Å². The van der Waals surface area contributed by atoms with E-state index < -0.39 is 16.4 Å². The smallest absolute Gasteiger partial charge is 0.304 e. The Bertz CT molecular complexity index is 495. The Kier molecular flexibility index (Phi) is 3.82. The minimum atomic E-state index is -0.801. The summed E-state index contributed by atoms with van der Waals surface area (Å²) in [6.07, 6.45) is 0.985. The molecule has 1 aliphatic rings. The summed E-state index contributed by atoms with van der Waals surface area (Å²) in [5.74, 6) is -0.801. The summed E-state index contributed by atoms with van der Waals surface area (Å²) < 4.78 is 19.0. The van der Waals surface area contributed by atoms with Crippen molar-refractivity contribution in [3.05, 3.63) is 39.7 Å². The Morgan fingerprint density at radius 1 is 1.63 bits per heavy atom. The summed E-state index contributed by atoms with van der Waals surface area (Å²) in [4.78, 5) is 9.81. The number of hydrogen-bond donors (Lipinski definition) is 1. The lowest BCUT2D eigenvalue weighted by Crippen LogP contribution is -2.47. The summed E-state index contributed by atoms with van der Waals surface area (Å²) in [6, 6.07) is 3.97. The summed E-state index contributed by atoms with van der Waals surface area (Å²) in [5.41, 5.74) is 0.0501. The van der Waals surface area contributed by atoms with Crippen LogP contribution >= 0.6 is 0 Å². The lowest BCUT2D eigenvalue weighted by molar-refractivity contribution is -0.387. The molecule has 0 spiro atoms. The second kappa shape index (κ2) is 5.22. The normalized spacial score (nSPS) is 26.6. The van der Waals surface area contributed by atoms with E-state index in [1.54, 1.807) is 6.07 Å². The molecular weight excluding hydrogens is 251 g/mol. The molecule has 1 aromatic carbocycles. The van der Waals surface area contributed by atoms with E-state index >= 15 is 0 Å². The first kappa shape index (κ1) is 13.9. The van der Waals surface area contributed by atoms with Gasteiger partial charge in [-0.2, -0.15) is 4.39 Å². The Morgan fingerprint density at radius 3 is 2.89 bits per heavy atom. The zero-order valence-corrected chi connectivity index (χ0v) is 11.0. The van der Waals surface area contributed by atoms with Crippen LogP contribution in [0, 0.1) is 15.9 Å². The van der Waals surface area contributed by atoms with Gasteiger partial charge >= 0.3 is 5.69 Å². The van der Waals surface area contributed by atoms with Crippen LogP contribution in [0.4, 0.5) is 10.1 Å². The molecule has 19 heavy (non-hydrogen) atoms. The maximum Gasteiger partial charge on any atom is 0.304 e. The lowest BCUT2D eigenvalue weighted by atomic mass is 9.94. The van der Waals surface area contributed by atoms with Crippen LogP contribution in [0.5, 0.6) is 0 Å². The van der Waals surface area contributed by atoms with E-state index in [4.69, 9.17) is 4.74 Å². The number of nitro benzene ring substituents is 1. The van der Waals surface area contributed by atoms with Gasteiger partial charge in [0.15, 0.2) is 0 Å². The number of nitro groups is 1. The molecule has 1 heterocycles. The molecule has 1 N–H and O–H groups in total. The van der Waals surface area contributed by atoms with Crippen LogP contribution in [0.15, 0.2) is 18.2 Å². The van der Waals surface area contributed by atoms with Gasteiger partial charge in [0, 0.05) is 24.8 Å². The quantitative estimate of drug-likeness (QED) is 0.672. The molecule has 2 unspecified atom stereocenters. The maximum atomic E-state index is 13.5. The fraction of sp³-hybridized carbons (Fsp3) is 0.538. The molecule has 0 amide bonds. The Hall–Kier alpha value is -1.53. The van der Waals surface area contributed by atoms with Crippen LogP contribution < -0.4 is 5.32 Å².